The summed E-state index contributed by atoms with van der Waals surface area (Å²) in [6, 6.07) is 14.3. The number of aromatic nitrogens is 1. The summed E-state index contributed by atoms with van der Waals surface area (Å²) < 4.78 is 16.1. The zero-order valence-electron chi connectivity index (χ0n) is 28.5. The van der Waals surface area contributed by atoms with Crippen molar-refractivity contribution in [2.24, 2.45) is 5.16 Å². The van der Waals surface area contributed by atoms with Gasteiger partial charge in [-0.15, -0.1) is 0 Å². The van der Waals surface area contributed by atoms with Crippen LogP contribution in [0.15, 0.2) is 52.1 Å². The number of benzene rings is 2. The first kappa shape index (κ1) is 34.5. The summed E-state index contributed by atoms with van der Waals surface area (Å²) in [6.45, 7) is 17.6. The molecule has 2 aliphatic heterocycles. The molecule has 0 radical (unpaired) electrons. The van der Waals surface area contributed by atoms with E-state index in [4.69, 9.17) is 19.2 Å². The van der Waals surface area contributed by atoms with Crippen LogP contribution >= 0.6 is 0 Å². The molecule has 46 heavy (non-hydrogen) atoms. The number of carbonyl (C=O) groups excluding carboxylic acids is 2. The summed E-state index contributed by atoms with van der Waals surface area (Å²) in [7, 11) is 0. The van der Waals surface area contributed by atoms with Gasteiger partial charge in [-0.3, -0.25) is 0 Å². The first-order valence-corrected chi connectivity index (χ1v) is 15.9. The minimum Gasteiger partial charge on any atom is -0.444 e. The van der Waals surface area contributed by atoms with Crippen LogP contribution in [0.5, 0.6) is 0 Å². The lowest BCUT2D eigenvalue weighted by molar-refractivity contribution is 0.0248. The Labute approximate surface area is 272 Å². The summed E-state index contributed by atoms with van der Waals surface area (Å²) in [5.41, 5.74) is 7.45. The fourth-order valence-electron chi connectivity index (χ4n) is 5.41. The lowest BCUT2D eigenvalue weighted by atomic mass is 9.98. The molecule has 0 atom stereocenters. The van der Waals surface area contributed by atoms with Crippen molar-refractivity contribution in [2.45, 2.75) is 92.3 Å². The minimum absolute atomic E-state index is 0.234. The van der Waals surface area contributed by atoms with Gasteiger partial charge in [-0.2, -0.15) is 0 Å². The van der Waals surface area contributed by atoms with Crippen molar-refractivity contribution in [1.82, 2.24) is 15.0 Å². The maximum absolute atomic E-state index is 12.3. The number of nitrogens with zero attached hydrogens (tertiary/aromatic N) is 4. The molecule has 1 aromatic heterocycles. The average molecular weight is 633 g/mol. The number of hydrogen-bond acceptors (Lipinski definition) is 8. The van der Waals surface area contributed by atoms with Gasteiger partial charge < -0.3 is 29.0 Å². The summed E-state index contributed by atoms with van der Waals surface area (Å²) in [4.78, 5) is 28.0. The first-order chi connectivity index (χ1) is 21.6. The van der Waals surface area contributed by atoms with Gasteiger partial charge in [-0.05, 0) is 121 Å². The maximum atomic E-state index is 12.3. The van der Waals surface area contributed by atoms with Crippen LogP contribution in [0.3, 0.4) is 0 Å². The molecule has 5 rings (SSSR count). The van der Waals surface area contributed by atoms with Crippen molar-refractivity contribution in [1.29, 1.82) is 0 Å². The number of fused-ring (bicyclic) bond motifs is 2. The van der Waals surface area contributed by atoms with Gasteiger partial charge in [0.05, 0.1) is 5.71 Å². The van der Waals surface area contributed by atoms with E-state index in [1.165, 1.54) is 22.3 Å². The van der Waals surface area contributed by atoms with Crippen LogP contribution in [0.4, 0.5) is 9.59 Å². The molecule has 10 heteroatoms. The maximum Gasteiger partial charge on any atom is 0.410 e. The number of oxime groups is 1. The van der Waals surface area contributed by atoms with Crippen LogP contribution in [0.25, 0.3) is 11.3 Å². The standard InChI is InChI=1S/C19H24N2O3.C17H24N2O3/c1-13-11-17(20-24-13)16-6-5-14-7-9-21(10-8-15(14)12-16)18(22)23-19(2,3)4;1-12(18-21)14-6-5-13-7-9-19(10-8-15(13)11-14)16(20)22-17(2,3)4/h5-6,11-12H,7-10H2,1-4H3;5-6,11,21H,7-10H2,1-4H3. The predicted octanol–water partition coefficient (Wildman–Crippen LogP) is 7.21. The second-order valence-corrected chi connectivity index (χ2v) is 13.9. The average Bonchev–Trinajstić information content (AvgIpc) is 3.17. The number of carbonyl (C=O) groups is 2. The summed E-state index contributed by atoms with van der Waals surface area (Å²) in [5, 5.41) is 16.2. The molecule has 0 aliphatic carbocycles. The molecule has 3 aromatic rings. The van der Waals surface area contributed by atoms with E-state index < -0.39 is 11.2 Å². The summed E-state index contributed by atoms with van der Waals surface area (Å²) >= 11 is 0. The Kier molecular flexibility index (Phi) is 10.8. The van der Waals surface area contributed by atoms with Crippen LogP contribution in [-0.4, -0.2) is 75.4 Å². The van der Waals surface area contributed by atoms with E-state index in [0.29, 0.717) is 31.9 Å². The SMILES string of the molecule is CC(=NO)c1ccc2c(c1)CCN(C(=O)OC(C)(C)C)CC2.Cc1cc(-c2ccc3c(c2)CCN(C(=O)OC(C)(C)C)CC3)no1. The van der Waals surface area contributed by atoms with Gasteiger partial charge in [-0.1, -0.05) is 34.6 Å². The number of amides is 2. The molecule has 2 amide bonds. The molecule has 10 nitrogen and oxygen atoms in total. The van der Waals surface area contributed by atoms with Crippen molar-refractivity contribution in [3.05, 3.63) is 76.0 Å². The topological polar surface area (TPSA) is 118 Å². The van der Waals surface area contributed by atoms with Crippen molar-refractivity contribution in [3.8, 4) is 11.3 Å². The molecule has 0 fully saturated rings. The lowest BCUT2D eigenvalue weighted by Gasteiger charge is -2.26. The third-order valence-corrected chi connectivity index (χ3v) is 7.81. The molecule has 2 aliphatic rings. The van der Waals surface area contributed by atoms with Crippen molar-refractivity contribution in [3.63, 3.8) is 0 Å². The highest BCUT2D eigenvalue weighted by atomic mass is 16.6. The highest BCUT2D eigenvalue weighted by molar-refractivity contribution is 5.98. The third-order valence-electron chi connectivity index (χ3n) is 7.81. The molecule has 0 saturated carbocycles. The predicted molar refractivity (Wildman–Crippen MR) is 178 cm³/mol. The van der Waals surface area contributed by atoms with Gasteiger partial charge in [0.25, 0.3) is 0 Å². The van der Waals surface area contributed by atoms with E-state index >= 15 is 0 Å². The second kappa shape index (κ2) is 14.4. The second-order valence-electron chi connectivity index (χ2n) is 13.9. The number of rotatable bonds is 2. The normalized spacial score (nSPS) is 15.4. The van der Waals surface area contributed by atoms with Gasteiger partial charge in [0.15, 0.2) is 0 Å². The third kappa shape index (κ3) is 9.58. The highest BCUT2D eigenvalue weighted by Gasteiger charge is 2.26. The molecule has 248 valence electrons. The highest BCUT2D eigenvalue weighted by Crippen LogP contribution is 2.26. The number of hydrogen-bond donors (Lipinski definition) is 1. The Morgan fingerprint density at radius 3 is 1.70 bits per heavy atom. The zero-order valence-corrected chi connectivity index (χ0v) is 28.5. The molecule has 3 heterocycles. The van der Waals surface area contributed by atoms with Crippen LogP contribution < -0.4 is 0 Å². The minimum atomic E-state index is -0.474. The summed E-state index contributed by atoms with van der Waals surface area (Å²) in [6.07, 6.45) is 2.76. The molecule has 0 unspecified atom stereocenters. The van der Waals surface area contributed by atoms with E-state index in [0.717, 1.165) is 48.3 Å². The molecule has 1 N–H and O–H groups in total. The molecular weight excluding hydrogens is 584 g/mol. The van der Waals surface area contributed by atoms with Crippen LogP contribution in [0.2, 0.25) is 0 Å². The first-order valence-electron chi connectivity index (χ1n) is 15.9. The Morgan fingerprint density at radius 1 is 0.761 bits per heavy atom. The van der Waals surface area contributed by atoms with E-state index in [-0.39, 0.29) is 12.2 Å². The van der Waals surface area contributed by atoms with E-state index in [9.17, 15) is 9.59 Å². The molecular formula is C36H48N4O6. The zero-order chi connectivity index (χ0) is 33.6. The van der Waals surface area contributed by atoms with Gasteiger partial charge in [0, 0.05) is 37.8 Å². The Morgan fingerprint density at radius 2 is 1.24 bits per heavy atom. The van der Waals surface area contributed by atoms with Gasteiger partial charge in [0.1, 0.15) is 22.7 Å². The smallest absolute Gasteiger partial charge is 0.410 e. The molecule has 0 saturated heterocycles. The van der Waals surface area contributed by atoms with Gasteiger partial charge >= 0.3 is 12.2 Å². The van der Waals surface area contributed by atoms with Gasteiger partial charge in [0.2, 0.25) is 0 Å². The van der Waals surface area contributed by atoms with Gasteiger partial charge in [-0.25, -0.2) is 9.59 Å². The quantitative estimate of drug-likeness (QED) is 0.180. The Bertz CT molecular complexity index is 1560. The van der Waals surface area contributed by atoms with Crippen LogP contribution in [0, 0.1) is 6.92 Å². The molecule has 0 bridgehead atoms. The van der Waals surface area contributed by atoms with E-state index in [1.54, 1.807) is 16.7 Å². The van der Waals surface area contributed by atoms with E-state index in [2.05, 4.69) is 34.6 Å². The fourth-order valence-corrected chi connectivity index (χ4v) is 5.41. The molecule has 0 spiro atoms. The largest absolute Gasteiger partial charge is 0.444 e. The van der Waals surface area contributed by atoms with Crippen molar-refractivity contribution < 1.29 is 28.8 Å². The fraction of sp³-hybridized carbons (Fsp3) is 0.500. The number of aryl methyl sites for hydroxylation is 1. The van der Waals surface area contributed by atoms with E-state index in [1.807, 2.05) is 66.7 Å². The number of ether oxygens (including phenoxy) is 2. The Balaban J connectivity index is 0.000000210. The molecule has 2 aromatic carbocycles. The van der Waals surface area contributed by atoms with Crippen LogP contribution in [-0.2, 0) is 35.2 Å². The summed E-state index contributed by atoms with van der Waals surface area (Å²) in [5.74, 6) is 0.802. The van der Waals surface area contributed by atoms with Crippen molar-refractivity contribution in [2.75, 3.05) is 26.2 Å². The lowest BCUT2D eigenvalue weighted by Crippen LogP contribution is -2.38. The van der Waals surface area contributed by atoms with Crippen LogP contribution in [0.1, 0.15) is 82.0 Å². The monoisotopic (exact) mass is 632 g/mol. The Hall–Kier alpha value is -4.34. The van der Waals surface area contributed by atoms with Crippen molar-refractivity contribution >= 4 is 17.9 Å².